The third-order valence-electron chi connectivity index (χ3n) is 4.33. The first-order valence-corrected chi connectivity index (χ1v) is 8.38. The van der Waals surface area contributed by atoms with Crippen molar-refractivity contribution in [3.8, 4) is 33.6 Å². The lowest BCUT2D eigenvalue weighted by Gasteiger charge is -2.11. The van der Waals surface area contributed by atoms with E-state index in [1.807, 2.05) is 42.5 Å². The number of nitrogens with zero attached hydrogens (tertiary/aromatic N) is 3. The zero-order valence-corrected chi connectivity index (χ0v) is 14.6. The van der Waals surface area contributed by atoms with Crippen LogP contribution in [0.3, 0.4) is 0 Å². The fourth-order valence-electron chi connectivity index (χ4n) is 2.97. The maximum atomic E-state index is 11.7. The van der Waals surface area contributed by atoms with E-state index >= 15 is 0 Å². The summed E-state index contributed by atoms with van der Waals surface area (Å²) in [5, 5.41) is 14.4. The molecule has 6 nitrogen and oxygen atoms in total. The lowest BCUT2D eigenvalue weighted by atomic mass is 9.94. The Bertz CT molecular complexity index is 1060. The number of hydrogen-bond donors (Lipinski definition) is 1. The molecule has 0 spiro atoms. The number of benzene rings is 3. The zero-order valence-electron chi connectivity index (χ0n) is 14.6. The molecule has 0 bridgehead atoms. The van der Waals surface area contributed by atoms with Crippen LogP contribution in [0.4, 0.5) is 0 Å². The maximum absolute atomic E-state index is 11.7. The standard InChI is InChI=1S/C21H16N4O2/c1-27-21(26)16-9-7-15(8-10-16)19-13-17(14-5-3-2-4-6-14)11-12-18(19)20-22-24-25-23-20/h2-13H,1H3,(H,22,23,24,25). The number of nitrogens with one attached hydrogen (secondary N) is 1. The average molecular weight is 356 g/mol. The fraction of sp³-hybridized carbons (Fsp3) is 0.0476. The van der Waals surface area contributed by atoms with Crippen molar-refractivity contribution < 1.29 is 9.53 Å². The number of esters is 1. The van der Waals surface area contributed by atoms with Crippen LogP contribution in [0.5, 0.6) is 0 Å². The molecule has 0 aliphatic rings. The van der Waals surface area contributed by atoms with Crippen LogP contribution in [0, 0.1) is 0 Å². The Morgan fingerprint density at radius 3 is 2.26 bits per heavy atom. The van der Waals surface area contributed by atoms with E-state index in [-0.39, 0.29) is 5.97 Å². The number of aromatic nitrogens is 4. The van der Waals surface area contributed by atoms with Crippen molar-refractivity contribution in [3.05, 3.63) is 78.4 Å². The van der Waals surface area contributed by atoms with Gasteiger partial charge in [0, 0.05) is 5.56 Å². The normalized spacial score (nSPS) is 10.6. The molecule has 4 rings (SSSR count). The van der Waals surface area contributed by atoms with Crippen LogP contribution in [0.15, 0.2) is 72.8 Å². The summed E-state index contributed by atoms with van der Waals surface area (Å²) in [5.41, 5.74) is 5.45. The highest BCUT2D eigenvalue weighted by molar-refractivity contribution is 5.91. The summed E-state index contributed by atoms with van der Waals surface area (Å²) in [4.78, 5) is 11.7. The Hall–Kier alpha value is -3.80. The van der Waals surface area contributed by atoms with Crippen molar-refractivity contribution in [3.63, 3.8) is 0 Å². The Balaban J connectivity index is 1.84. The molecule has 0 unspecified atom stereocenters. The molecule has 0 fully saturated rings. The Morgan fingerprint density at radius 2 is 1.59 bits per heavy atom. The molecule has 27 heavy (non-hydrogen) atoms. The van der Waals surface area contributed by atoms with Gasteiger partial charge in [-0.15, -0.1) is 10.2 Å². The summed E-state index contributed by atoms with van der Waals surface area (Å²) in [6.07, 6.45) is 0. The lowest BCUT2D eigenvalue weighted by molar-refractivity contribution is 0.0601. The van der Waals surface area contributed by atoms with Crippen molar-refractivity contribution in [2.75, 3.05) is 7.11 Å². The number of carbonyl (C=O) groups excluding carboxylic acids is 1. The summed E-state index contributed by atoms with van der Waals surface area (Å²) in [7, 11) is 1.37. The van der Waals surface area contributed by atoms with E-state index in [9.17, 15) is 4.79 Å². The molecule has 3 aromatic carbocycles. The van der Waals surface area contributed by atoms with E-state index < -0.39 is 0 Å². The summed E-state index contributed by atoms with van der Waals surface area (Å²) in [6, 6.07) is 23.5. The van der Waals surface area contributed by atoms with Gasteiger partial charge in [-0.25, -0.2) is 4.79 Å². The summed E-state index contributed by atoms with van der Waals surface area (Å²) < 4.78 is 4.77. The molecule has 0 radical (unpaired) electrons. The third-order valence-corrected chi connectivity index (χ3v) is 4.33. The highest BCUT2D eigenvalue weighted by atomic mass is 16.5. The highest BCUT2D eigenvalue weighted by Gasteiger charge is 2.14. The molecule has 0 saturated carbocycles. The van der Waals surface area contributed by atoms with Gasteiger partial charge < -0.3 is 4.74 Å². The Morgan fingerprint density at radius 1 is 0.852 bits per heavy atom. The molecule has 0 saturated heterocycles. The quantitative estimate of drug-likeness (QED) is 0.559. The van der Waals surface area contributed by atoms with Gasteiger partial charge in [0.15, 0.2) is 0 Å². The van der Waals surface area contributed by atoms with Crippen LogP contribution in [0.25, 0.3) is 33.6 Å². The van der Waals surface area contributed by atoms with Gasteiger partial charge in [-0.3, -0.25) is 0 Å². The molecular weight excluding hydrogens is 340 g/mol. The number of aromatic amines is 1. The Labute approximate surface area is 155 Å². The first-order valence-electron chi connectivity index (χ1n) is 8.38. The van der Waals surface area contributed by atoms with E-state index in [1.165, 1.54) is 7.11 Å². The predicted molar refractivity (Wildman–Crippen MR) is 102 cm³/mol. The molecule has 0 amide bonds. The van der Waals surface area contributed by atoms with E-state index in [2.05, 4.69) is 38.8 Å². The molecule has 4 aromatic rings. The van der Waals surface area contributed by atoms with Gasteiger partial charge in [0.05, 0.1) is 12.7 Å². The average Bonchev–Trinajstić information content (AvgIpc) is 3.28. The molecule has 6 heteroatoms. The summed E-state index contributed by atoms with van der Waals surface area (Å²) in [6.45, 7) is 0. The van der Waals surface area contributed by atoms with Crippen molar-refractivity contribution in [1.29, 1.82) is 0 Å². The van der Waals surface area contributed by atoms with Gasteiger partial charge in [-0.1, -0.05) is 48.5 Å². The largest absolute Gasteiger partial charge is 0.465 e. The van der Waals surface area contributed by atoms with Crippen molar-refractivity contribution >= 4 is 5.97 Å². The maximum Gasteiger partial charge on any atom is 0.337 e. The fourth-order valence-corrected chi connectivity index (χ4v) is 2.97. The molecular formula is C21H16N4O2. The number of H-pyrrole nitrogens is 1. The molecule has 1 aromatic heterocycles. The van der Waals surface area contributed by atoms with E-state index in [4.69, 9.17) is 4.74 Å². The molecule has 1 heterocycles. The van der Waals surface area contributed by atoms with E-state index in [0.717, 1.165) is 27.8 Å². The number of carbonyl (C=O) groups is 1. The van der Waals surface area contributed by atoms with Gasteiger partial charge >= 0.3 is 5.97 Å². The first kappa shape index (κ1) is 16.7. The van der Waals surface area contributed by atoms with Crippen LogP contribution >= 0.6 is 0 Å². The Kier molecular flexibility index (Phi) is 4.45. The molecule has 132 valence electrons. The van der Waals surface area contributed by atoms with Crippen LogP contribution in [0.1, 0.15) is 10.4 Å². The minimum atomic E-state index is -0.363. The van der Waals surface area contributed by atoms with E-state index in [0.29, 0.717) is 11.4 Å². The molecule has 0 aliphatic heterocycles. The van der Waals surface area contributed by atoms with Crippen molar-refractivity contribution in [2.24, 2.45) is 0 Å². The molecule has 0 atom stereocenters. The lowest BCUT2D eigenvalue weighted by Crippen LogP contribution is -2.00. The first-order chi connectivity index (χ1) is 13.3. The van der Waals surface area contributed by atoms with Crippen molar-refractivity contribution in [2.45, 2.75) is 0 Å². The van der Waals surface area contributed by atoms with Crippen LogP contribution in [-0.2, 0) is 4.74 Å². The number of ether oxygens (including phenoxy) is 1. The zero-order chi connectivity index (χ0) is 18.6. The van der Waals surface area contributed by atoms with E-state index in [1.54, 1.807) is 12.1 Å². The minimum Gasteiger partial charge on any atom is -0.465 e. The highest BCUT2D eigenvalue weighted by Crippen LogP contribution is 2.34. The van der Waals surface area contributed by atoms with Gasteiger partial charge in [0.1, 0.15) is 0 Å². The predicted octanol–water partition coefficient (Wildman–Crippen LogP) is 3.99. The minimum absolute atomic E-state index is 0.363. The number of methoxy groups -OCH3 is 1. The number of tetrazole rings is 1. The number of hydrogen-bond acceptors (Lipinski definition) is 5. The van der Waals surface area contributed by atoms with Gasteiger partial charge in [-0.2, -0.15) is 5.21 Å². The molecule has 0 aliphatic carbocycles. The monoisotopic (exact) mass is 356 g/mol. The summed E-state index contributed by atoms with van der Waals surface area (Å²) >= 11 is 0. The second-order valence-electron chi connectivity index (χ2n) is 5.93. The van der Waals surface area contributed by atoms with Gasteiger partial charge in [-0.05, 0) is 51.7 Å². The topological polar surface area (TPSA) is 80.8 Å². The third kappa shape index (κ3) is 3.32. The van der Waals surface area contributed by atoms with Crippen LogP contribution < -0.4 is 0 Å². The van der Waals surface area contributed by atoms with Gasteiger partial charge in [0.2, 0.25) is 5.82 Å². The smallest absolute Gasteiger partial charge is 0.337 e. The molecule has 1 N–H and O–H groups in total. The van der Waals surface area contributed by atoms with Gasteiger partial charge in [0.25, 0.3) is 0 Å². The second-order valence-corrected chi connectivity index (χ2v) is 5.93. The van der Waals surface area contributed by atoms with Crippen LogP contribution in [0.2, 0.25) is 0 Å². The SMILES string of the molecule is COC(=O)c1ccc(-c2cc(-c3ccccc3)ccc2-c2nn[nH]n2)cc1. The van der Waals surface area contributed by atoms with Crippen molar-refractivity contribution in [1.82, 2.24) is 20.6 Å². The van der Waals surface area contributed by atoms with Crippen LogP contribution in [-0.4, -0.2) is 33.7 Å². The second kappa shape index (κ2) is 7.21. The summed E-state index contributed by atoms with van der Waals surface area (Å²) in [5.74, 6) is 0.152. The number of rotatable bonds is 4.